The van der Waals surface area contributed by atoms with Crippen LogP contribution in [0.3, 0.4) is 0 Å². The van der Waals surface area contributed by atoms with Gasteiger partial charge in [-0.15, -0.1) is 0 Å². The van der Waals surface area contributed by atoms with E-state index in [1.807, 2.05) is 0 Å². The molecular formula is C10H16N2O. The molecule has 0 aliphatic heterocycles. The molecule has 1 heterocycles. The first kappa shape index (κ1) is 8.75. The minimum atomic E-state index is 0.0972. The minimum absolute atomic E-state index is 0.0972. The normalized spacial score (nSPS) is 22.0. The van der Waals surface area contributed by atoms with E-state index in [2.05, 4.69) is 18.8 Å². The number of nitrogens with zero attached hydrogens (tertiary/aromatic N) is 1. The van der Waals surface area contributed by atoms with E-state index in [0.29, 0.717) is 5.92 Å². The number of hydrogen-bond donors (Lipinski definition) is 1. The van der Waals surface area contributed by atoms with Crippen molar-refractivity contribution in [2.75, 3.05) is 0 Å². The fourth-order valence-corrected chi connectivity index (χ4v) is 1.72. The molecule has 1 atom stereocenters. The summed E-state index contributed by atoms with van der Waals surface area (Å²) in [6, 6.07) is 0.0972. The van der Waals surface area contributed by atoms with E-state index in [4.69, 9.17) is 10.2 Å². The summed E-state index contributed by atoms with van der Waals surface area (Å²) in [4.78, 5) is 4.44. The van der Waals surface area contributed by atoms with Gasteiger partial charge >= 0.3 is 0 Å². The van der Waals surface area contributed by atoms with Crippen LogP contribution in [0.2, 0.25) is 0 Å². The van der Waals surface area contributed by atoms with Crippen LogP contribution < -0.4 is 5.73 Å². The lowest BCUT2D eigenvalue weighted by molar-refractivity contribution is 0.414. The summed E-state index contributed by atoms with van der Waals surface area (Å²) >= 11 is 0. The molecule has 1 aliphatic rings. The fourth-order valence-electron chi connectivity index (χ4n) is 1.72. The van der Waals surface area contributed by atoms with Crippen molar-refractivity contribution in [3.63, 3.8) is 0 Å². The third-order valence-electron chi connectivity index (χ3n) is 2.51. The van der Waals surface area contributed by atoms with Gasteiger partial charge in [0.25, 0.3) is 0 Å². The van der Waals surface area contributed by atoms with Gasteiger partial charge in [-0.05, 0) is 12.8 Å². The number of fused-ring (bicyclic) bond motifs is 1. The molecule has 2 N–H and O–H groups in total. The molecule has 0 saturated carbocycles. The molecule has 3 nitrogen and oxygen atoms in total. The van der Waals surface area contributed by atoms with Gasteiger partial charge in [0.2, 0.25) is 0 Å². The van der Waals surface area contributed by atoms with Crippen molar-refractivity contribution in [3.05, 3.63) is 17.3 Å². The topological polar surface area (TPSA) is 52.0 Å². The molecule has 1 unspecified atom stereocenters. The van der Waals surface area contributed by atoms with Crippen LogP contribution in [0.15, 0.2) is 4.42 Å². The summed E-state index contributed by atoms with van der Waals surface area (Å²) in [6.07, 6.45) is 3.17. The highest BCUT2D eigenvalue weighted by atomic mass is 16.4. The molecule has 0 fully saturated rings. The number of rotatable bonds is 1. The van der Waals surface area contributed by atoms with Crippen LogP contribution in [0, 0.1) is 0 Å². The lowest BCUT2D eigenvalue weighted by Crippen LogP contribution is -2.16. The Morgan fingerprint density at radius 2 is 2.31 bits per heavy atom. The van der Waals surface area contributed by atoms with E-state index >= 15 is 0 Å². The van der Waals surface area contributed by atoms with Crippen LogP contribution in [0.4, 0.5) is 0 Å². The Kier molecular flexibility index (Phi) is 2.12. The molecule has 0 radical (unpaired) electrons. The van der Waals surface area contributed by atoms with Crippen LogP contribution in [0.1, 0.15) is 56.0 Å². The summed E-state index contributed by atoms with van der Waals surface area (Å²) in [5.41, 5.74) is 6.93. The van der Waals surface area contributed by atoms with Crippen LogP contribution in [-0.2, 0) is 6.42 Å². The van der Waals surface area contributed by atoms with Gasteiger partial charge in [0.15, 0.2) is 5.89 Å². The number of aryl methyl sites for hydroxylation is 1. The Morgan fingerprint density at radius 1 is 1.54 bits per heavy atom. The van der Waals surface area contributed by atoms with Gasteiger partial charge in [0, 0.05) is 12.3 Å². The second-order valence-electron chi connectivity index (χ2n) is 4.01. The van der Waals surface area contributed by atoms with E-state index < -0.39 is 0 Å². The van der Waals surface area contributed by atoms with Gasteiger partial charge in [0.1, 0.15) is 5.76 Å². The van der Waals surface area contributed by atoms with Crippen LogP contribution in [0.25, 0.3) is 0 Å². The molecular weight excluding hydrogens is 164 g/mol. The van der Waals surface area contributed by atoms with Crippen molar-refractivity contribution in [3.8, 4) is 0 Å². The molecule has 1 aromatic rings. The Morgan fingerprint density at radius 3 is 2.92 bits per heavy atom. The third-order valence-corrected chi connectivity index (χ3v) is 2.51. The van der Waals surface area contributed by atoms with Gasteiger partial charge in [-0.25, -0.2) is 4.98 Å². The zero-order chi connectivity index (χ0) is 9.42. The van der Waals surface area contributed by atoms with Crippen molar-refractivity contribution in [2.45, 2.75) is 45.1 Å². The average Bonchev–Trinajstić information content (AvgIpc) is 2.49. The molecule has 0 saturated heterocycles. The van der Waals surface area contributed by atoms with Gasteiger partial charge in [0.05, 0.1) is 11.7 Å². The van der Waals surface area contributed by atoms with E-state index in [0.717, 1.165) is 36.6 Å². The summed E-state index contributed by atoms with van der Waals surface area (Å²) < 4.78 is 5.65. The number of hydrogen-bond acceptors (Lipinski definition) is 3. The van der Waals surface area contributed by atoms with E-state index in [-0.39, 0.29) is 6.04 Å². The lowest BCUT2D eigenvalue weighted by atomic mass is 9.98. The molecule has 3 heteroatoms. The SMILES string of the molecule is CC(C)c1nc2c(o1)CCCC2N. The smallest absolute Gasteiger partial charge is 0.197 e. The summed E-state index contributed by atoms with van der Waals surface area (Å²) in [5.74, 6) is 2.21. The van der Waals surface area contributed by atoms with Crippen molar-refractivity contribution >= 4 is 0 Å². The average molecular weight is 180 g/mol. The predicted octanol–water partition coefficient (Wildman–Crippen LogP) is 2.13. The Hall–Kier alpha value is -0.830. The molecule has 0 aromatic carbocycles. The van der Waals surface area contributed by atoms with Crippen molar-refractivity contribution in [1.29, 1.82) is 0 Å². The highest BCUT2D eigenvalue weighted by Crippen LogP contribution is 2.29. The number of aromatic nitrogens is 1. The first-order chi connectivity index (χ1) is 6.18. The molecule has 0 bridgehead atoms. The maximum absolute atomic E-state index is 5.94. The van der Waals surface area contributed by atoms with Crippen molar-refractivity contribution in [1.82, 2.24) is 4.98 Å². The second kappa shape index (κ2) is 3.14. The molecule has 0 amide bonds. The summed E-state index contributed by atoms with van der Waals surface area (Å²) in [6.45, 7) is 4.17. The van der Waals surface area contributed by atoms with Gasteiger partial charge in [-0.3, -0.25) is 0 Å². The van der Waals surface area contributed by atoms with Crippen molar-refractivity contribution < 1.29 is 4.42 Å². The zero-order valence-electron chi connectivity index (χ0n) is 8.21. The molecule has 2 rings (SSSR count). The highest BCUT2D eigenvalue weighted by molar-refractivity contribution is 5.18. The third kappa shape index (κ3) is 1.48. The van der Waals surface area contributed by atoms with Crippen molar-refractivity contribution in [2.24, 2.45) is 5.73 Å². The minimum Gasteiger partial charge on any atom is -0.445 e. The van der Waals surface area contributed by atoms with Gasteiger partial charge in [-0.2, -0.15) is 0 Å². The molecule has 72 valence electrons. The summed E-state index contributed by atoms with van der Waals surface area (Å²) in [7, 11) is 0. The largest absolute Gasteiger partial charge is 0.445 e. The number of nitrogens with two attached hydrogens (primary N) is 1. The van der Waals surface area contributed by atoms with Crippen LogP contribution in [0.5, 0.6) is 0 Å². The molecule has 0 spiro atoms. The van der Waals surface area contributed by atoms with Gasteiger partial charge in [-0.1, -0.05) is 13.8 Å². The monoisotopic (exact) mass is 180 g/mol. The summed E-state index contributed by atoms with van der Waals surface area (Å²) in [5, 5.41) is 0. The Bertz CT molecular complexity index is 304. The predicted molar refractivity (Wildman–Crippen MR) is 50.5 cm³/mol. The maximum Gasteiger partial charge on any atom is 0.197 e. The quantitative estimate of drug-likeness (QED) is 0.720. The number of oxazole rings is 1. The Balaban J connectivity index is 2.36. The van der Waals surface area contributed by atoms with Gasteiger partial charge < -0.3 is 10.2 Å². The Labute approximate surface area is 78.3 Å². The first-order valence-corrected chi connectivity index (χ1v) is 4.93. The van der Waals surface area contributed by atoms with Crippen LogP contribution >= 0.6 is 0 Å². The molecule has 13 heavy (non-hydrogen) atoms. The maximum atomic E-state index is 5.94. The van der Waals surface area contributed by atoms with E-state index in [9.17, 15) is 0 Å². The standard InChI is InChI=1S/C10H16N2O/c1-6(2)10-12-9-7(11)4-3-5-8(9)13-10/h6-7H,3-5,11H2,1-2H3. The highest BCUT2D eigenvalue weighted by Gasteiger charge is 2.23. The lowest BCUT2D eigenvalue weighted by Gasteiger charge is -2.14. The second-order valence-corrected chi connectivity index (χ2v) is 4.01. The zero-order valence-corrected chi connectivity index (χ0v) is 8.21. The molecule has 1 aliphatic carbocycles. The molecule has 1 aromatic heterocycles. The first-order valence-electron chi connectivity index (χ1n) is 4.93. The van der Waals surface area contributed by atoms with E-state index in [1.165, 1.54) is 0 Å². The van der Waals surface area contributed by atoms with Crippen LogP contribution in [-0.4, -0.2) is 4.98 Å². The fraction of sp³-hybridized carbons (Fsp3) is 0.700. The van der Waals surface area contributed by atoms with E-state index in [1.54, 1.807) is 0 Å².